The van der Waals surface area contributed by atoms with Crippen molar-refractivity contribution in [2.45, 2.75) is 190 Å². The number of ether oxygens (including phenoxy) is 4. The average molecular weight is 803 g/mol. The van der Waals surface area contributed by atoms with Crippen LogP contribution in [0.4, 0.5) is 0 Å². The van der Waals surface area contributed by atoms with Gasteiger partial charge in [0.25, 0.3) is 25.9 Å². The zero-order valence-electron chi connectivity index (χ0n) is 37.5. The lowest BCUT2D eigenvalue weighted by Crippen LogP contribution is -2.38. The number of aliphatic hydroxyl groups is 2. The molecular formula is C47H78O10. The van der Waals surface area contributed by atoms with E-state index < -0.39 is 11.2 Å². The van der Waals surface area contributed by atoms with Gasteiger partial charge in [-0.05, 0) is 73.0 Å². The Morgan fingerprint density at radius 1 is 0.544 bits per heavy atom. The first-order valence-corrected chi connectivity index (χ1v) is 20.9. The summed E-state index contributed by atoms with van der Waals surface area (Å²) in [4.78, 5) is 41.1. The highest BCUT2D eigenvalue weighted by atomic mass is 16.6. The molecule has 0 aromatic heterocycles. The molecule has 10 heteroatoms. The molecule has 0 saturated heterocycles. The Bertz CT molecular complexity index is 1330. The molecule has 0 fully saturated rings. The Morgan fingerprint density at radius 3 is 1.14 bits per heavy atom. The first kappa shape index (κ1) is 51.8. The van der Waals surface area contributed by atoms with E-state index in [4.69, 9.17) is 24.1 Å². The van der Waals surface area contributed by atoms with Crippen LogP contribution in [-0.4, -0.2) is 72.7 Å². The smallest absolute Gasteiger partial charge is 0.293 e. The van der Waals surface area contributed by atoms with Crippen molar-refractivity contribution in [1.82, 2.24) is 0 Å². The van der Waals surface area contributed by atoms with Crippen LogP contribution in [0.15, 0.2) is 46.6 Å². The number of carbonyl (C=O) groups excluding carboxylic acids is 4. The zero-order chi connectivity index (χ0) is 43.6. The van der Waals surface area contributed by atoms with Gasteiger partial charge in [0.15, 0.2) is 0 Å². The van der Waals surface area contributed by atoms with Crippen LogP contribution in [0.3, 0.4) is 0 Å². The van der Waals surface area contributed by atoms with E-state index in [1.165, 1.54) is 22.3 Å². The molecule has 4 aliphatic rings. The predicted molar refractivity (Wildman–Crippen MR) is 226 cm³/mol. The molecule has 4 aliphatic carbocycles. The van der Waals surface area contributed by atoms with Gasteiger partial charge in [0.1, 0.15) is 23.4 Å². The third kappa shape index (κ3) is 18.5. The molecule has 0 aliphatic heterocycles. The summed E-state index contributed by atoms with van der Waals surface area (Å²) < 4.78 is 20.0. The number of hydrogen-bond donors (Lipinski definition) is 2. The SMILES string of the molecule is CC(C)(C)C1=CCC(CCO)(OC=O)CC1.CC(C)(C)C1=CCC(CO)(OC=O)CC1.CC(C)(C)C1=CC[C@@H](OC=O)CC1.CC(C)(C)C1=CC[C@H](OC=O)CC1. The molecule has 2 unspecified atom stereocenters. The number of aliphatic hydroxyl groups excluding tert-OH is 2. The second kappa shape index (κ2) is 23.4. The maximum Gasteiger partial charge on any atom is 0.293 e. The summed E-state index contributed by atoms with van der Waals surface area (Å²) in [7, 11) is 0. The van der Waals surface area contributed by atoms with Crippen LogP contribution >= 0.6 is 0 Å². The zero-order valence-corrected chi connectivity index (χ0v) is 37.5. The van der Waals surface area contributed by atoms with E-state index in [2.05, 4.69) is 107 Å². The molecule has 4 rings (SSSR count). The van der Waals surface area contributed by atoms with Gasteiger partial charge in [-0.15, -0.1) is 0 Å². The van der Waals surface area contributed by atoms with E-state index in [0.29, 0.717) is 45.2 Å². The highest BCUT2D eigenvalue weighted by Crippen LogP contribution is 2.41. The van der Waals surface area contributed by atoms with Gasteiger partial charge in [0.2, 0.25) is 0 Å². The highest BCUT2D eigenvalue weighted by molar-refractivity contribution is 5.40. The second-order valence-electron chi connectivity index (χ2n) is 20.0. The topological polar surface area (TPSA) is 146 Å². The quantitative estimate of drug-likeness (QED) is 0.118. The van der Waals surface area contributed by atoms with Gasteiger partial charge in [-0.1, -0.05) is 130 Å². The van der Waals surface area contributed by atoms with Crippen LogP contribution in [-0.2, 0) is 38.1 Å². The number of allylic oxidation sites excluding steroid dienone is 4. The standard InChI is InChI=1S/C13H22O3.C12H20O3.2C11H18O2/c1-12(2,3)11-4-6-13(7-5-11,8-9-14)16-10-15;1-11(2,3)10-4-6-12(8-13,7-5-10)15-9-14;2*1-11(2,3)9-4-6-10(7-5-9)13-8-12/h4,10,14H,5-9H2,1-3H3;4,9,13H,5-8H2,1-3H3;2*4,8,10H,5-7H2,1-3H3/t;;2*10-/m..10/s1. The molecule has 4 atom stereocenters. The summed E-state index contributed by atoms with van der Waals surface area (Å²) in [5.41, 5.74) is 5.52. The van der Waals surface area contributed by atoms with Crippen LogP contribution in [0.5, 0.6) is 0 Å². The molecule has 0 amide bonds. The third-order valence-electron chi connectivity index (χ3n) is 11.7. The molecule has 57 heavy (non-hydrogen) atoms. The van der Waals surface area contributed by atoms with E-state index in [1.54, 1.807) is 0 Å². The lowest BCUT2D eigenvalue weighted by Gasteiger charge is -2.37. The van der Waals surface area contributed by atoms with Gasteiger partial charge in [-0.3, -0.25) is 19.2 Å². The Balaban J connectivity index is 0.000000381. The molecule has 0 heterocycles. The summed E-state index contributed by atoms with van der Waals surface area (Å²) >= 11 is 0. The lowest BCUT2D eigenvalue weighted by atomic mass is 9.75. The molecule has 326 valence electrons. The highest BCUT2D eigenvalue weighted by Gasteiger charge is 2.36. The predicted octanol–water partition coefficient (Wildman–Crippen LogP) is 9.85. The fourth-order valence-corrected chi connectivity index (χ4v) is 7.59. The van der Waals surface area contributed by atoms with E-state index in [1.807, 2.05) is 0 Å². The minimum absolute atomic E-state index is 0.0620. The van der Waals surface area contributed by atoms with Gasteiger partial charge in [-0.2, -0.15) is 0 Å². The van der Waals surface area contributed by atoms with Crippen molar-refractivity contribution in [3.63, 3.8) is 0 Å². The van der Waals surface area contributed by atoms with Gasteiger partial charge in [0.05, 0.1) is 6.61 Å². The minimum Gasteiger partial charge on any atom is -0.464 e. The summed E-state index contributed by atoms with van der Waals surface area (Å²) in [6.45, 7) is 28.4. The maximum atomic E-state index is 10.5. The van der Waals surface area contributed by atoms with Gasteiger partial charge >= 0.3 is 0 Å². The number of carbonyl (C=O) groups is 4. The molecule has 2 N–H and O–H groups in total. The molecule has 0 aromatic carbocycles. The second-order valence-corrected chi connectivity index (χ2v) is 20.0. The average Bonchev–Trinajstić information content (AvgIpc) is 3.12. The molecule has 0 spiro atoms. The number of rotatable bonds is 11. The van der Waals surface area contributed by atoms with E-state index in [9.17, 15) is 24.3 Å². The van der Waals surface area contributed by atoms with Crippen LogP contribution in [0, 0.1) is 21.7 Å². The third-order valence-corrected chi connectivity index (χ3v) is 11.7. The summed E-state index contributed by atoms with van der Waals surface area (Å²) in [5, 5.41) is 18.3. The normalized spacial score (nSPS) is 25.2. The molecular weight excluding hydrogens is 725 g/mol. The lowest BCUT2D eigenvalue weighted by molar-refractivity contribution is -0.149. The summed E-state index contributed by atoms with van der Waals surface area (Å²) in [6.07, 6.45) is 20.0. The fourth-order valence-electron chi connectivity index (χ4n) is 7.59. The largest absolute Gasteiger partial charge is 0.464 e. The van der Waals surface area contributed by atoms with Crippen molar-refractivity contribution in [3.8, 4) is 0 Å². The van der Waals surface area contributed by atoms with Crippen molar-refractivity contribution >= 4 is 25.9 Å². The Morgan fingerprint density at radius 2 is 0.895 bits per heavy atom. The molecule has 10 nitrogen and oxygen atoms in total. The van der Waals surface area contributed by atoms with Crippen molar-refractivity contribution in [1.29, 1.82) is 0 Å². The van der Waals surface area contributed by atoms with Gasteiger partial charge in [-0.25, -0.2) is 0 Å². The molecule has 0 saturated carbocycles. The van der Waals surface area contributed by atoms with Gasteiger partial charge in [0, 0.05) is 38.7 Å². The van der Waals surface area contributed by atoms with Crippen LogP contribution in [0.2, 0.25) is 0 Å². The molecule has 0 radical (unpaired) electrons. The van der Waals surface area contributed by atoms with Crippen molar-refractivity contribution in [3.05, 3.63) is 46.6 Å². The van der Waals surface area contributed by atoms with Crippen molar-refractivity contribution < 1.29 is 48.3 Å². The monoisotopic (exact) mass is 803 g/mol. The maximum absolute atomic E-state index is 10.5. The van der Waals surface area contributed by atoms with Crippen LogP contribution in [0.25, 0.3) is 0 Å². The Hall–Kier alpha value is -3.24. The summed E-state index contributed by atoms with van der Waals surface area (Å²) in [6, 6.07) is 0. The first-order valence-electron chi connectivity index (χ1n) is 20.9. The molecule has 0 aromatic rings. The van der Waals surface area contributed by atoms with Crippen molar-refractivity contribution in [2.75, 3.05) is 13.2 Å². The fraction of sp³-hybridized carbons (Fsp3) is 0.745. The molecule has 0 bridgehead atoms. The van der Waals surface area contributed by atoms with E-state index in [-0.39, 0.29) is 47.1 Å². The first-order chi connectivity index (χ1) is 26.4. The number of hydrogen-bond acceptors (Lipinski definition) is 10. The van der Waals surface area contributed by atoms with Crippen LogP contribution in [0.1, 0.15) is 167 Å². The van der Waals surface area contributed by atoms with Crippen LogP contribution < -0.4 is 0 Å². The van der Waals surface area contributed by atoms with E-state index >= 15 is 0 Å². The minimum atomic E-state index is -0.670. The Labute approximate surface area is 344 Å². The van der Waals surface area contributed by atoms with Crippen molar-refractivity contribution in [2.24, 2.45) is 21.7 Å². The summed E-state index contributed by atoms with van der Waals surface area (Å²) in [5.74, 6) is 0. The van der Waals surface area contributed by atoms with Gasteiger partial charge < -0.3 is 29.2 Å². The van der Waals surface area contributed by atoms with E-state index in [0.717, 1.165) is 64.2 Å². The Kier molecular flexibility index (Phi) is 21.2.